The molecule has 1 fully saturated rings. The van der Waals surface area contributed by atoms with Crippen molar-refractivity contribution in [3.63, 3.8) is 0 Å². The maximum Gasteiger partial charge on any atom is 0.209 e. The highest BCUT2D eigenvalue weighted by molar-refractivity contribution is 7.05. The summed E-state index contributed by atoms with van der Waals surface area (Å²) < 4.78 is 18.0. The fourth-order valence-electron chi connectivity index (χ4n) is 2.74. The minimum atomic E-state index is -0.434. The van der Waals surface area contributed by atoms with E-state index >= 15 is 0 Å². The summed E-state index contributed by atoms with van der Waals surface area (Å²) >= 11 is 1.31. The van der Waals surface area contributed by atoms with Crippen LogP contribution in [0.4, 0.5) is 4.39 Å². The Morgan fingerprint density at radius 2 is 2.35 bits per heavy atom. The summed E-state index contributed by atoms with van der Waals surface area (Å²) in [6.45, 7) is 2.91. The van der Waals surface area contributed by atoms with Crippen molar-refractivity contribution in [3.05, 3.63) is 46.5 Å². The van der Waals surface area contributed by atoms with E-state index in [1.54, 1.807) is 24.0 Å². The molecule has 0 N–H and O–H groups in total. The molecular weight excluding hydrogens is 277 g/mol. The van der Waals surface area contributed by atoms with E-state index in [9.17, 15) is 9.18 Å². The van der Waals surface area contributed by atoms with Crippen LogP contribution in [-0.2, 0) is 10.2 Å². The zero-order chi connectivity index (χ0) is 14.2. The first-order valence-corrected chi connectivity index (χ1v) is 7.16. The van der Waals surface area contributed by atoms with Gasteiger partial charge in [-0.2, -0.15) is 4.37 Å². The summed E-state index contributed by atoms with van der Waals surface area (Å²) in [7, 11) is 0. The van der Waals surface area contributed by atoms with Gasteiger partial charge in [-0.25, -0.2) is 9.37 Å². The van der Waals surface area contributed by atoms with E-state index in [4.69, 9.17) is 0 Å². The fraction of sp³-hybridized carbons (Fsp3) is 0.357. The van der Waals surface area contributed by atoms with E-state index in [1.165, 1.54) is 17.9 Å². The molecule has 1 aliphatic rings. The summed E-state index contributed by atoms with van der Waals surface area (Å²) in [6, 6.07) is 5.26. The average molecular weight is 291 g/mol. The van der Waals surface area contributed by atoms with Gasteiger partial charge in [0.15, 0.2) is 0 Å². The van der Waals surface area contributed by atoms with Crippen molar-refractivity contribution in [1.29, 1.82) is 0 Å². The summed E-state index contributed by atoms with van der Waals surface area (Å²) in [5, 5.41) is 0.838. The lowest BCUT2D eigenvalue weighted by atomic mass is 9.80. The van der Waals surface area contributed by atoms with Crippen LogP contribution in [0.5, 0.6) is 0 Å². The minimum absolute atomic E-state index is 0.226. The lowest BCUT2D eigenvalue weighted by Crippen LogP contribution is -2.32. The number of amides is 1. The number of rotatable bonds is 3. The Morgan fingerprint density at radius 3 is 2.95 bits per heavy atom. The van der Waals surface area contributed by atoms with Crippen molar-refractivity contribution in [3.8, 4) is 0 Å². The number of carbonyl (C=O) groups excluding carboxylic acids is 1. The maximum absolute atomic E-state index is 13.9. The summed E-state index contributed by atoms with van der Waals surface area (Å²) in [5.74, 6) is -0.226. The number of nitrogens with zero attached hydrogens (tertiary/aromatic N) is 3. The molecule has 0 spiro atoms. The zero-order valence-corrected chi connectivity index (χ0v) is 11.9. The lowest BCUT2D eigenvalue weighted by Gasteiger charge is -2.27. The third-order valence-electron chi connectivity index (χ3n) is 3.94. The van der Waals surface area contributed by atoms with Crippen molar-refractivity contribution in [2.45, 2.75) is 18.8 Å². The molecule has 3 rings (SSSR count). The van der Waals surface area contributed by atoms with Crippen molar-refractivity contribution in [1.82, 2.24) is 14.3 Å². The Balaban J connectivity index is 2.11. The van der Waals surface area contributed by atoms with E-state index in [0.29, 0.717) is 18.7 Å². The normalized spacial score (nSPS) is 22.2. The van der Waals surface area contributed by atoms with Gasteiger partial charge in [0.25, 0.3) is 0 Å². The summed E-state index contributed by atoms with van der Waals surface area (Å²) in [4.78, 5) is 17.1. The molecule has 2 heterocycles. The van der Waals surface area contributed by atoms with Gasteiger partial charge in [-0.3, -0.25) is 4.79 Å². The number of benzene rings is 1. The molecule has 1 saturated heterocycles. The molecule has 0 radical (unpaired) electrons. The van der Waals surface area contributed by atoms with Gasteiger partial charge >= 0.3 is 0 Å². The molecule has 0 saturated carbocycles. The van der Waals surface area contributed by atoms with Crippen LogP contribution >= 0.6 is 11.5 Å². The van der Waals surface area contributed by atoms with Gasteiger partial charge in [-0.05, 0) is 42.1 Å². The average Bonchev–Trinajstić information content (AvgIpc) is 3.10. The highest BCUT2D eigenvalue weighted by Crippen LogP contribution is 2.41. The Kier molecular flexibility index (Phi) is 3.25. The first-order valence-electron chi connectivity index (χ1n) is 6.39. The zero-order valence-electron chi connectivity index (χ0n) is 11.0. The molecule has 0 bridgehead atoms. The molecule has 1 amide bonds. The van der Waals surface area contributed by atoms with Crippen LogP contribution in [0.2, 0.25) is 0 Å². The van der Waals surface area contributed by atoms with Crippen LogP contribution in [0.15, 0.2) is 24.5 Å². The van der Waals surface area contributed by atoms with Crippen LogP contribution in [0.25, 0.3) is 0 Å². The van der Waals surface area contributed by atoms with Crippen molar-refractivity contribution >= 4 is 17.9 Å². The van der Waals surface area contributed by atoms with E-state index in [0.717, 1.165) is 23.4 Å². The molecule has 1 aromatic heterocycles. The van der Waals surface area contributed by atoms with E-state index in [2.05, 4.69) is 9.36 Å². The van der Waals surface area contributed by atoms with Crippen LogP contribution in [0, 0.1) is 12.7 Å². The Bertz CT molecular complexity index is 631. The predicted molar refractivity (Wildman–Crippen MR) is 74.1 cm³/mol. The van der Waals surface area contributed by atoms with E-state index in [1.807, 2.05) is 6.07 Å². The minimum Gasteiger partial charge on any atom is -0.344 e. The molecule has 1 unspecified atom stereocenters. The number of aryl methyl sites for hydroxylation is 1. The number of likely N-dealkylation sites (tertiary alicyclic amines) is 1. The van der Waals surface area contributed by atoms with Crippen LogP contribution in [0.1, 0.15) is 22.6 Å². The Morgan fingerprint density at radius 1 is 1.50 bits per heavy atom. The third kappa shape index (κ3) is 2.00. The molecular formula is C14H14FN3OS. The quantitative estimate of drug-likeness (QED) is 0.814. The highest BCUT2D eigenvalue weighted by atomic mass is 32.1. The topological polar surface area (TPSA) is 46.1 Å². The van der Waals surface area contributed by atoms with Gasteiger partial charge in [0.2, 0.25) is 6.41 Å². The summed E-state index contributed by atoms with van der Waals surface area (Å²) in [6.07, 6.45) is 3.09. The third-order valence-corrected chi connectivity index (χ3v) is 4.81. The highest BCUT2D eigenvalue weighted by Gasteiger charge is 2.43. The molecule has 2 aromatic rings. The molecule has 6 heteroatoms. The maximum atomic E-state index is 13.9. The first-order chi connectivity index (χ1) is 9.65. The van der Waals surface area contributed by atoms with Gasteiger partial charge in [-0.1, -0.05) is 12.1 Å². The number of hydrogen-bond acceptors (Lipinski definition) is 4. The van der Waals surface area contributed by atoms with Gasteiger partial charge < -0.3 is 4.90 Å². The van der Waals surface area contributed by atoms with Gasteiger partial charge in [0, 0.05) is 13.1 Å². The summed E-state index contributed by atoms with van der Waals surface area (Å²) in [5.41, 5.74) is 1.05. The number of aromatic nitrogens is 2. The lowest BCUT2D eigenvalue weighted by molar-refractivity contribution is -0.117. The molecule has 1 aliphatic heterocycles. The molecule has 104 valence electrons. The fourth-order valence-corrected chi connectivity index (χ4v) is 3.49. The Hall–Kier alpha value is -1.82. The van der Waals surface area contributed by atoms with Crippen molar-refractivity contribution < 1.29 is 9.18 Å². The van der Waals surface area contributed by atoms with Crippen LogP contribution < -0.4 is 0 Å². The standard InChI is InChI=1S/C14H14FN3OS/c1-10-2-3-11(6-12(10)15)14(13-16-8-17-20-13)4-5-18(7-14)9-19/h2-3,6,8-9H,4-5,7H2,1H3. The number of carbonyl (C=O) groups is 1. The molecule has 1 atom stereocenters. The molecule has 0 aliphatic carbocycles. The second-order valence-corrected chi connectivity index (χ2v) is 5.90. The van der Waals surface area contributed by atoms with E-state index in [-0.39, 0.29) is 5.82 Å². The van der Waals surface area contributed by atoms with Crippen LogP contribution in [0.3, 0.4) is 0 Å². The van der Waals surface area contributed by atoms with Gasteiger partial charge in [-0.15, -0.1) is 0 Å². The second kappa shape index (κ2) is 4.94. The predicted octanol–water partition coefficient (Wildman–Crippen LogP) is 2.13. The Labute approximate surface area is 120 Å². The first kappa shape index (κ1) is 13.2. The van der Waals surface area contributed by atoms with Crippen molar-refractivity contribution in [2.24, 2.45) is 0 Å². The monoisotopic (exact) mass is 291 g/mol. The smallest absolute Gasteiger partial charge is 0.209 e. The number of hydrogen-bond donors (Lipinski definition) is 0. The molecule has 1 aromatic carbocycles. The molecule has 20 heavy (non-hydrogen) atoms. The van der Waals surface area contributed by atoms with Crippen molar-refractivity contribution in [2.75, 3.05) is 13.1 Å². The van der Waals surface area contributed by atoms with E-state index < -0.39 is 5.41 Å². The number of halogens is 1. The van der Waals surface area contributed by atoms with Crippen LogP contribution in [-0.4, -0.2) is 33.8 Å². The van der Waals surface area contributed by atoms with Gasteiger partial charge in [0.05, 0.1) is 5.41 Å². The second-order valence-electron chi connectivity index (χ2n) is 5.12. The van der Waals surface area contributed by atoms with Gasteiger partial charge in [0.1, 0.15) is 17.2 Å². The SMILES string of the molecule is Cc1ccc(C2(c3ncns3)CCN(C=O)C2)cc1F. The largest absolute Gasteiger partial charge is 0.344 e. The molecule has 4 nitrogen and oxygen atoms in total.